The number of hydrogen-bond acceptors (Lipinski definition) is 3. The number of amides is 2. The molecule has 0 bridgehead atoms. The van der Waals surface area contributed by atoms with E-state index in [2.05, 4.69) is 27.2 Å². The maximum Gasteiger partial charge on any atom is 0.255 e. The minimum Gasteiger partial charge on any atom is -0.368 e. The smallest absolute Gasteiger partial charge is 0.255 e. The number of piperazine rings is 1. The van der Waals surface area contributed by atoms with E-state index in [1.807, 2.05) is 54.6 Å². The van der Waals surface area contributed by atoms with Crippen LogP contribution in [0.5, 0.6) is 0 Å². The van der Waals surface area contributed by atoms with Crippen LogP contribution >= 0.6 is 0 Å². The van der Waals surface area contributed by atoms with Crippen LogP contribution in [0.25, 0.3) is 10.8 Å². The zero-order valence-corrected chi connectivity index (χ0v) is 19.0. The first-order valence-electron chi connectivity index (χ1n) is 12.1. The van der Waals surface area contributed by atoms with Gasteiger partial charge in [0.25, 0.3) is 5.91 Å². The van der Waals surface area contributed by atoms with E-state index < -0.39 is 0 Å². The van der Waals surface area contributed by atoms with Gasteiger partial charge in [0.05, 0.1) is 0 Å². The standard InChI is InChI=1S/C28H31N3O2/c32-27(24-11-10-21-6-4-5-9-23(21)20-24)29-25-12-14-26(15-13-25)30-16-18-31(19-17-30)28(33)22-7-2-1-3-8-22/h4-6,9-15,20,22H,1-3,7-8,16-19H2,(H,29,32). The minimum atomic E-state index is -0.108. The van der Waals surface area contributed by atoms with E-state index in [0.29, 0.717) is 11.5 Å². The number of nitrogens with one attached hydrogen (secondary N) is 1. The monoisotopic (exact) mass is 441 g/mol. The van der Waals surface area contributed by atoms with E-state index in [4.69, 9.17) is 0 Å². The molecule has 0 atom stereocenters. The van der Waals surface area contributed by atoms with Crippen molar-refractivity contribution in [1.82, 2.24) is 4.90 Å². The van der Waals surface area contributed by atoms with Gasteiger partial charge in [0.2, 0.25) is 5.91 Å². The summed E-state index contributed by atoms with van der Waals surface area (Å²) in [6.45, 7) is 3.27. The zero-order valence-electron chi connectivity index (χ0n) is 19.0. The predicted octanol–water partition coefficient (Wildman–Crippen LogP) is 5.32. The van der Waals surface area contributed by atoms with Gasteiger partial charge in [0, 0.05) is 49.0 Å². The first kappa shape index (κ1) is 21.5. The molecule has 0 spiro atoms. The van der Waals surface area contributed by atoms with Gasteiger partial charge in [-0.3, -0.25) is 9.59 Å². The average molecular weight is 442 g/mol. The van der Waals surface area contributed by atoms with Gasteiger partial charge in [0.15, 0.2) is 0 Å². The molecule has 5 rings (SSSR count). The first-order chi connectivity index (χ1) is 16.2. The number of hydrogen-bond donors (Lipinski definition) is 1. The van der Waals surface area contributed by atoms with Crippen LogP contribution in [-0.4, -0.2) is 42.9 Å². The van der Waals surface area contributed by atoms with Crippen molar-refractivity contribution < 1.29 is 9.59 Å². The number of fused-ring (bicyclic) bond motifs is 1. The lowest BCUT2D eigenvalue weighted by Crippen LogP contribution is -2.50. The molecule has 2 aliphatic rings. The third-order valence-electron chi connectivity index (χ3n) is 7.05. The number of carbonyl (C=O) groups excluding carboxylic acids is 2. The van der Waals surface area contributed by atoms with E-state index in [9.17, 15) is 9.59 Å². The van der Waals surface area contributed by atoms with E-state index in [1.165, 1.54) is 19.3 Å². The number of benzene rings is 3. The molecule has 0 unspecified atom stereocenters. The van der Waals surface area contributed by atoms with Crippen molar-refractivity contribution >= 4 is 34.0 Å². The van der Waals surface area contributed by atoms with Crippen LogP contribution in [0, 0.1) is 5.92 Å². The second kappa shape index (κ2) is 9.65. The molecule has 1 aliphatic carbocycles. The Hall–Kier alpha value is -3.34. The highest BCUT2D eigenvalue weighted by atomic mass is 16.2. The van der Waals surface area contributed by atoms with Crippen LogP contribution in [0.1, 0.15) is 42.5 Å². The molecule has 2 amide bonds. The van der Waals surface area contributed by atoms with E-state index in [1.54, 1.807) is 0 Å². The van der Waals surface area contributed by atoms with Gasteiger partial charge < -0.3 is 15.1 Å². The summed E-state index contributed by atoms with van der Waals surface area (Å²) < 4.78 is 0. The molecule has 5 nitrogen and oxygen atoms in total. The van der Waals surface area contributed by atoms with Crippen LogP contribution in [0.2, 0.25) is 0 Å². The molecule has 1 saturated heterocycles. The molecule has 170 valence electrons. The van der Waals surface area contributed by atoms with Gasteiger partial charge in [-0.25, -0.2) is 0 Å². The summed E-state index contributed by atoms with van der Waals surface area (Å²) in [5.41, 5.74) is 2.56. The van der Waals surface area contributed by atoms with Crippen LogP contribution < -0.4 is 10.2 Å². The largest absolute Gasteiger partial charge is 0.368 e. The highest BCUT2D eigenvalue weighted by Crippen LogP contribution is 2.27. The summed E-state index contributed by atoms with van der Waals surface area (Å²) in [5, 5.41) is 5.18. The molecule has 1 saturated carbocycles. The quantitative estimate of drug-likeness (QED) is 0.596. The summed E-state index contributed by atoms with van der Waals surface area (Å²) in [6, 6.07) is 21.8. The Morgan fingerprint density at radius 3 is 2.18 bits per heavy atom. The van der Waals surface area contributed by atoms with E-state index in [-0.39, 0.29) is 11.8 Å². The number of rotatable bonds is 4. The Morgan fingerprint density at radius 2 is 1.45 bits per heavy atom. The maximum atomic E-state index is 12.8. The van der Waals surface area contributed by atoms with Gasteiger partial charge in [-0.2, -0.15) is 0 Å². The topological polar surface area (TPSA) is 52.7 Å². The molecule has 0 aromatic heterocycles. The summed E-state index contributed by atoms with van der Waals surface area (Å²) in [5.74, 6) is 0.500. The van der Waals surface area contributed by atoms with Gasteiger partial charge >= 0.3 is 0 Å². The fraction of sp³-hybridized carbons (Fsp3) is 0.357. The Bertz CT molecular complexity index is 1130. The van der Waals surface area contributed by atoms with Crippen LogP contribution in [-0.2, 0) is 4.79 Å². The third kappa shape index (κ3) is 4.87. The maximum absolute atomic E-state index is 12.8. The Labute approximate surface area is 195 Å². The second-order valence-corrected chi connectivity index (χ2v) is 9.21. The molecular weight excluding hydrogens is 410 g/mol. The molecule has 1 heterocycles. The molecule has 1 aliphatic heterocycles. The van der Waals surface area contributed by atoms with Crippen molar-refractivity contribution in [1.29, 1.82) is 0 Å². The van der Waals surface area contributed by atoms with Gasteiger partial charge in [-0.15, -0.1) is 0 Å². The fourth-order valence-electron chi connectivity index (χ4n) is 5.08. The summed E-state index contributed by atoms with van der Waals surface area (Å²) in [7, 11) is 0. The number of anilines is 2. The Kier molecular flexibility index (Phi) is 6.29. The van der Waals surface area contributed by atoms with Crippen molar-refractivity contribution in [2.75, 3.05) is 36.4 Å². The predicted molar refractivity (Wildman–Crippen MR) is 134 cm³/mol. The molecule has 3 aromatic rings. The van der Waals surface area contributed by atoms with Crippen LogP contribution in [0.4, 0.5) is 11.4 Å². The Balaban J connectivity index is 1.17. The van der Waals surface area contributed by atoms with Gasteiger partial charge in [-0.1, -0.05) is 49.6 Å². The van der Waals surface area contributed by atoms with Crippen molar-refractivity contribution in [3.8, 4) is 0 Å². The highest BCUT2D eigenvalue weighted by Gasteiger charge is 2.28. The first-order valence-corrected chi connectivity index (χ1v) is 12.1. The average Bonchev–Trinajstić information content (AvgIpc) is 2.89. The molecule has 2 fully saturated rings. The fourth-order valence-corrected chi connectivity index (χ4v) is 5.08. The molecule has 1 N–H and O–H groups in total. The lowest BCUT2D eigenvalue weighted by atomic mass is 9.88. The third-order valence-corrected chi connectivity index (χ3v) is 7.05. The summed E-state index contributed by atoms with van der Waals surface area (Å²) in [4.78, 5) is 29.9. The Morgan fingerprint density at radius 1 is 0.758 bits per heavy atom. The minimum absolute atomic E-state index is 0.108. The molecule has 5 heteroatoms. The number of carbonyl (C=O) groups is 2. The van der Waals surface area contributed by atoms with Crippen molar-refractivity contribution in [3.05, 3.63) is 72.3 Å². The van der Waals surface area contributed by atoms with Crippen LogP contribution in [0.15, 0.2) is 66.7 Å². The van der Waals surface area contributed by atoms with Crippen molar-refractivity contribution in [3.63, 3.8) is 0 Å². The summed E-state index contributed by atoms with van der Waals surface area (Å²) in [6.07, 6.45) is 5.79. The van der Waals surface area contributed by atoms with Crippen molar-refractivity contribution in [2.45, 2.75) is 32.1 Å². The molecule has 33 heavy (non-hydrogen) atoms. The lowest BCUT2D eigenvalue weighted by Gasteiger charge is -2.38. The molecule has 3 aromatic carbocycles. The van der Waals surface area contributed by atoms with Gasteiger partial charge in [-0.05, 0) is 60.0 Å². The normalized spacial score (nSPS) is 17.2. The zero-order chi connectivity index (χ0) is 22.6. The number of nitrogens with zero attached hydrogens (tertiary/aromatic N) is 2. The van der Waals surface area contributed by atoms with E-state index >= 15 is 0 Å². The SMILES string of the molecule is O=C(Nc1ccc(N2CCN(C(=O)C3CCCCC3)CC2)cc1)c1ccc2ccccc2c1. The molecule has 0 radical (unpaired) electrons. The lowest BCUT2D eigenvalue weighted by molar-refractivity contribution is -0.136. The van der Waals surface area contributed by atoms with E-state index in [0.717, 1.165) is 61.2 Å². The van der Waals surface area contributed by atoms with Crippen LogP contribution in [0.3, 0.4) is 0 Å². The highest BCUT2D eigenvalue weighted by molar-refractivity contribution is 6.06. The molecular formula is C28H31N3O2. The van der Waals surface area contributed by atoms with Gasteiger partial charge in [0.1, 0.15) is 0 Å². The van der Waals surface area contributed by atoms with Crippen molar-refractivity contribution in [2.24, 2.45) is 5.92 Å². The summed E-state index contributed by atoms with van der Waals surface area (Å²) >= 11 is 0. The second-order valence-electron chi connectivity index (χ2n) is 9.21.